The third-order valence-corrected chi connectivity index (χ3v) is 4.09. The van der Waals surface area contributed by atoms with E-state index in [1.165, 1.54) is 4.88 Å². The van der Waals surface area contributed by atoms with E-state index in [1.54, 1.807) is 11.3 Å². The molecule has 2 atom stereocenters. The summed E-state index contributed by atoms with van der Waals surface area (Å²) < 4.78 is 5.47. The largest absolute Gasteiger partial charge is 0.389 e. The molecule has 1 heterocycles. The molecule has 0 aromatic carbocycles. The van der Waals surface area contributed by atoms with E-state index in [2.05, 4.69) is 18.5 Å². The Labute approximate surface area is 118 Å². The second-order valence-electron chi connectivity index (χ2n) is 4.34. The molecule has 1 aromatic rings. The first-order chi connectivity index (χ1) is 8.72. The molecule has 104 valence electrons. The van der Waals surface area contributed by atoms with Crippen molar-refractivity contribution in [1.82, 2.24) is 5.32 Å². The van der Waals surface area contributed by atoms with Crippen LogP contribution < -0.4 is 5.32 Å². The van der Waals surface area contributed by atoms with E-state index >= 15 is 0 Å². The highest BCUT2D eigenvalue weighted by Gasteiger charge is 2.07. The van der Waals surface area contributed by atoms with Crippen molar-refractivity contribution in [3.05, 3.63) is 22.4 Å². The Kier molecular flexibility index (Phi) is 8.71. The normalized spacial score (nSPS) is 14.6. The number of thiophene rings is 1. The number of ether oxygens (including phenoxy) is 1. The van der Waals surface area contributed by atoms with Crippen molar-refractivity contribution in [3.8, 4) is 0 Å². The van der Waals surface area contributed by atoms with Crippen LogP contribution >= 0.6 is 23.1 Å². The maximum Gasteiger partial charge on any atom is 0.0897 e. The molecule has 0 saturated carbocycles. The quantitative estimate of drug-likeness (QED) is 0.694. The highest BCUT2D eigenvalue weighted by molar-refractivity contribution is 7.98. The third kappa shape index (κ3) is 7.38. The van der Waals surface area contributed by atoms with Gasteiger partial charge in [0.25, 0.3) is 0 Å². The molecule has 1 aromatic heterocycles. The number of hydrogen-bond acceptors (Lipinski definition) is 5. The van der Waals surface area contributed by atoms with Crippen LogP contribution in [0.3, 0.4) is 0 Å². The summed E-state index contributed by atoms with van der Waals surface area (Å²) in [6, 6.07) is 4.50. The van der Waals surface area contributed by atoms with Crippen LogP contribution in [0.5, 0.6) is 0 Å². The zero-order valence-electron chi connectivity index (χ0n) is 11.1. The third-order valence-electron chi connectivity index (χ3n) is 2.59. The fraction of sp³-hybridized carbons (Fsp3) is 0.692. The zero-order valence-corrected chi connectivity index (χ0v) is 12.7. The molecule has 0 bridgehead atoms. The lowest BCUT2D eigenvalue weighted by atomic mass is 10.2. The highest BCUT2D eigenvalue weighted by atomic mass is 32.2. The van der Waals surface area contributed by atoms with E-state index in [0.29, 0.717) is 25.8 Å². The van der Waals surface area contributed by atoms with Crippen molar-refractivity contribution in [1.29, 1.82) is 0 Å². The number of aliphatic hydroxyl groups excluding tert-OH is 1. The Morgan fingerprint density at radius 1 is 1.56 bits per heavy atom. The zero-order chi connectivity index (χ0) is 13.2. The minimum Gasteiger partial charge on any atom is -0.389 e. The molecule has 0 amide bonds. The second kappa shape index (κ2) is 9.81. The van der Waals surface area contributed by atoms with Crippen LogP contribution in [0.4, 0.5) is 0 Å². The molecule has 2 N–H and O–H groups in total. The maximum absolute atomic E-state index is 9.76. The van der Waals surface area contributed by atoms with Crippen molar-refractivity contribution in [2.75, 3.05) is 25.2 Å². The van der Waals surface area contributed by atoms with Gasteiger partial charge in [0.15, 0.2) is 0 Å². The van der Waals surface area contributed by atoms with Gasteiger partial charge in [-0.3, -0.25) is 0 Å². The van der Waals surface area contributed by atoms with E-state index in [-0.39, 0.29) is 0 Å². The smallest absolute Gasteiger partial charge is 0.0897 e. The average molecular weight is 289 g/mol. The molecule has 0 aliphatic heterocycles. The fourth-order valence-electron chi connectivity index (χ4n) is 1.48. The number of thioether (sulfide) groups is 1. The van der Waals surface area contributed by atoms with Gasteiger partial charge in [0.1, 0.15) is 0 Å². The Bertz CT molecular complexity index is 293. The monoisotopic (exact) mass is 289 g/mol. The highest BCUT2D eigenvalue weighted by Crippen LogP contribution is 2.09. The predicted molar refractivity (Wildman–Crippen MR) is 80.4 cm³/mol. The summed E-state index contributed by atoms with van der Waals surface area (Å²) in [6.45, 7) is 3.73. The van der Waals surface area contributed by atoms with Crippen molar-refractivity contribution in [3.63, 3.8) is 0 Å². The van der Waals surface area contributed by atoms with Crippen molar-refractivity contribution < 1.29 is 9.84 Å². The number of nitrogens with one attached hydrogen (secondary N) is 1. The van der Waals surface area contributed by atoms with Gasteiger partial charge < -0.3 is 15.2 Å². The summed E-state index contributed by atoms with van der Waals surface area (Å²) in [5, 5.41) is 15.1. The summed E-state index contributed by atoms with van der Waals surface area (Å²) in [7, 11) is 0. The molecular formula is C13H23NO2S2. The van der Waals surface area contributed by atoms with Gasteiger partial charge in [-0.15, -0.1) is 11.3 Å². The summed E-state index contributed by atoms with van der Waals surface area (Å²) in [5.74, 6) is 1.15. The summed E-state index contributed by atoms with van der Waals surface area (Å²) >= 11 is 3.53. The topological polar surface area (TPSA) is 41.5 Å². The minimum atomic E-state index is -0.429. The fourth-order valence-corrected chi connectivity index (χ4v) is 2.71. The molecular weight excluding hydrogens is 266 g/mol. The predicted octanol–water partition coefficient (Wildman–Crippen LogP) is 2.36. The SMILES string of the molecule is CSCCC(C)NCC(O)COCc1cccs1. The molecule has 1 rings (SSSR count). The molecule has 0 aliphatic carbocycles. The van der Waals surface area contributed by atoms with Crippen LogP contribution in [0.2, 0.25) is 0 Å². The molecule has 0 aliphatic rings. The standard InChI is InChI=1S/C13H23NO2S2/c1-11(5-7-17-2)14-8-12(15)9-16-10-13-4-3-6-18-13/h3-4,6,11-12,14-15H,5,7-10H2,1-2H3. The van der Waals surface area contributed by atoms with E-state index in [1.807, 2.05) is 29.3 Å². The average Bonchev–Trinajstić information content (AvgIpc) is 2.87. The van der Waals surface area contributed by atoms with Crippen LogP contribution in [0.1, 0.15) is 18.2 Å². The molecule has 5 heteroatoms. The lowest BCUT2D eigenvalue weighted by Crippen LogP contribution is -2.36. The number of rotatable bonds is 10. The minimum absolute atomic E-state index is 0.389. The Hall–Kier alpha value is -0.0700. The first-order valence-electron chi connectivity index (χ1n) is 6.23. The van der Waals surface area contributed by atoms with Gasteiger partial charge >= 0.3 is 0 Å². The van der Waals surface area contributed by atoms with Crippen molar-refractivity contribution in [2.24, 2.45) is 0 Å². The molecule has 3 nitrogen and oxygen atoms in total. The molecule has 0 radical (unpaired) electrons. The number of hydrogen-bond donors (Lipinski definition) is 2. The second-order valence-corrected chi connectivity index (χ2v) is 6.36. The lowest BCUT2D eigenvalue weighted by Gasteiger charge is -2.16. The van der Waals surface area contributed by atoms with E-state index in [4.69, 9.17) is 4.74 Å². The summed E-state index contributed by atoms with van der Waals surface area (Å²) in [4.78, 5) is 1.20. The lowest BCUT2D eigenvalue weighted by molar-refractivity contribution is 0.0288. The van der Waals surface area contributed by atoms with Gasteiger partial charge in [0.2, 0.25) is 0 Å². The number of aliphatic hydroxyl groups is 1. The molecule has 18 heavy (non-hydrogen) atoms. The van der Waals surface area contributed by atoms with Gasteiger partial charge in [-0.2, -0.15) is 11.8 Å². The first-order valence-corrected chi connectivity index (χ1v) is 8.50. The summed E-state index contributed by atoms with van der Waals surface area (Å²) in [6.07, 6.45) is 2.81. The molecule has 0 saturated heterocycles. The molecule has 0 fully saturated rings. The molecule has 2 unspecified atom stereocenters. The van der Waals surface area contributed by atoms with Crippen LogP contribution in [-0.2, 0) is 11.3 Å². The van der Waals surface area contributed by atoms with E-state index in [9.17, 15) is 5.11 Å². The Morgan fingerprint density at radius 2 is 2.39 bits per heavy atom. The Morgan fingerprint density at radius 3 is 3.06 bits per heavy atom. The Balaban J connectivity index is 2.01. The van der Waals surface area contributed by atoms with Crippen LogP contribution in [0.25, 0.3) is 0 Å². The first kappa shape index (κ1) is 16.0. The van der Waals surface area contributed by atoms with Gasteiger partial charge in [0, 0.05) is 17.5 Å². The van der Waals surface area contributed by atoms with Crippen molar-refractivity contribution in [2.45, 2.75) is 32.1 Å². The van der Waals surface area contributed by atoms with Gasteiger partial charge in [-0.25, -0.2) is 0 Å². The van der Waals surface area contributed by atoms with Crippen LogP contribution in [0, 0.1) is 0 Å². The van der Waals surface area contributed by atoms with Crippen LogP contribution in [0.15, 0.2) is 17.5 Å². The molecule has 0 spiro atoms. The van der Waals surface area contributed by atoms with Crippen LogP contribution in [-0.4, -0.2) is 42.4 Å². The van der Waals surface area contributed by atoms with Gasteiger partial charge in [-0.05, 0) is 36.8 Å². The maximum atomic E-state index is 9.76. The van der Waals surface area contributed by atoms with Gasteiger partial charge in [-0.1, -0.05) is 6.07 Å². The van der Waals surface area contributed by atoms with Gasteiger partial charge in [0.05, 0.1) is 19.3 Å². The van der Waals surface area contributed by atoms with E-state index < -0.39 is 6.10 Å². The van der Waals surface area contributed by atoms with E-state index in [0.717, 1.165) is 12.2 Å². The van der Waals surface area contributed by atoms with Crippen molar-refractivity contribution >= 4 is 23.1 Å². The summed E-state index contributed by atoms with van der Waals surface area (Å²) in [5.41, 5.74) is 0.